The van der Waals surface area contributed by atoms with Crippen LogP contribution in [-0.4, -0.2) is 23.9 Å². The molecule has 3 nitrogen and oxygen atoms in total. The molecule has 3 heteroatoms. The third kappa shape index (κ3) is 4.53. The summed E-state index contributed by atoms with van der Waals surface area (Å²) in [6, 6.07) is 16.7. The summed E-state index contributed by atoms with van der Waals surface area (Å²) in [6.45, 7) is 9.32. The van der Waals surface area contributed by atoms with Crippen LogP contribution in [0, 0.1) is 12.8 Å². The lowest BCUT2D eigenvalue weighted by molar-refractivity contribution is -0.121. The van der Waals surface area contributed by atoms with Crippen LogP contribution in [0.2, 0.25) is 0 Å². The van der Waals surface area contributed by atoms with E-state index in [1.807, 2.05) is 18.2 Å². The van der Waals surface area contributed by atoms with Crippen LogP contribution in [0.3, 0.4) is 0 Å². The van der Waals surface area contributed by atoms with E-state index in [0.29, 0.717) is 5.92 Å². The van der Waals surface area contributed by atoms with Crippen molar-refractivity contribution in [1.29, 1.82) is 0 Å². The maximum atomic E-state index is 12.9. The van der Waals surface area contributed by atoms with Crippen LogP contribution in [-0.2, 0) is 11.3 Å². The van der Waals surface area contributed by atoms with E-state index in [4.69, 9.17) is 0 Å². The molecule has 1 saturated heterocycles. The molecule has 1 amide bonds. The number of para-hydroxylation sites is 1. The Morgan fingerprint density at radius 1 is 1.15 bits per heavy atom. The van der Waals surface area contributed by atoms with Gasteiger partial charge in [0.25, 0.3) is 0 Å². The molecule has 1 heterocycles. The molecular formula is C23H30N2O. The Morgan fingerprint density at radius 3 is 2.65 bits per heavy atom. The number of anilines is 1. The molecule has 0 aromatic heterocycles. The quantitative estimate of drug-likeness (QED) is 0.826. The summed E-state index contributed by atoms with van der Waals surface area (Å²) in [5.41, 5.74) is 4.85. The predicted octanol–water partition coefficient (Wildman–Crippen LogP) is 4.97. The zero-order valence-corrected chi connectivity index (χ0v) is 16.2. The zero-order chi connectivity index (χ0) is 18.5. The lowest BCUT2D eigenvalue weighted by Crippen LogP contribution is -2.40. The Kier molecular flexibility index (Phi) is 6.10. The van der Waals surface area contributed by atoms with Crippen molar-refractivity contribution in [3.63, 3.8) is 0 Å². The Bertz CT molecular complexity index is 753. The molecule has 2 aromatic carbocycles. The lowest BCUT2D eigenvalue weighted by Gasteiger charge is -2.32. The minimum atomic E-state index is 0.0630. The van der Waals surface area contributed by atoms with Crippen LogP contribution in [0.5, 0.6) is 0 Å². The smallest absolute Gasteiger partial charge is 0.228 e. The number of carbonyl (C=O) groups is 1. The number of nitrogens with one attached hydrogen (secondary N) is 1. The molecule has 1 fully saturated rings. The molecule has 0 bridgehead atoms. The van der Waals surface area contributed by atoms with E-state index in [1.54, 1.807) is 0 Å². The van der Waals surface area contributed by atoms with E-state index < -0.39 is 0 Å². The average Bonchev–Trinajstić information content (AvgIpc) is 2.64. The van der Waals surface area contributed by atoms with Gasteiger partial charge in [-0.1, -0.05) is 56.3 Å². The van der Waals surface area contributed by atoms with Crippen LogP contribution >= 0.6 is 0 Å². The van der Waals surface area contributed by atoms with Gasteiger partial charge in [0.2, 0.25) is 5.91 Å². The molecule has 0 spiro atoms. The van der Waals surface area contributed by atoms with Crippen LogP contribution in [0.25, 0.3) is 0 Å². The molecule has 0 aliphatic carbocycles. The van der Waals surface area contributed by atoms with Gasteiger partial charge in [0.1, 0.15) is 0 Å². The summed E-state index contributed by atoms with van der Waals surface area (Å²) in [6.07, 6.45) is 2.05. The summed E-state index contributed by atoms with van der Waals surface area (Å²) in [4.78, 5) is 15.3. The third-order valence-corrected chi connectivity index (χ3v) is 5.37. The maximum Gasteiger partial charge on any atom is 0.228 e. The molecule has 0 saturated carbocycles. The summed E-state index contributed by atoms with van der Waals surface area (Å²) in [5, 5.41) is 3.19. The maximum absolute atomic E-state index is 12.9. The molecular weight excluding hydrogens is 320 g/mol. The van der Waals surface area contributed by atoms with Gasteiger partial charge in [0, 0.05) is 18.8 Å². The molecule has 138 valence electrons. The second-order valence-electron chi connectivity index (χ2n) is 7.73. The normalized spacial score (nSPS) is 18.1. The van der Waals surface area contributed by atoms with Gasteiger partial charge in [-0.25, -0.2) is 0 Å². The van der Waals surface area contributed by atoms with Gasteiger partial charge in [0.15, 0.2) is 0 Å². The largest absolute Gasteiger partial charge is 0.326 e. The Morgan fingerprint density at radius 2 is 1.88 bits per heavy atom. The number of aryl methyl sites for hydroxylation is 1. The molecule has 26 heavy (non-hydrogen) atoms. The number of piperidine rings is 1. The van der Waals surface area contributed by atoms with Crippen LogP contribution in [0.15, 0.2) is 48.5 Å². The van der Waals surface area contributed by atoms with E-state index in [9.17, 15) is 4.79 Å². The van der Waals surface area contributed by atoms with Gasteiger partial charge >= 0.3 is 0 Å². The van der Waals surface area contributed by atoms with Crippen molar-refractivity contribution < 1.29 is 4.79 Å². The van der Waals surface area contributed by atoms with Crippen LogP contribution in [0.4, 0.5) is 5.69 Å². The summed E-state index contributed by atoms with van der Waals surface area (Å²) in [7, 11) is 0. The zero-order valence-electron chi connectivity index (χ0n) is 16.2. The van der Waals surface area contributed by atoms with Crippen molar-refractivity contribution in [2.75, 3.05) is 18.4 Å². The second kappa shape index (κ2) is 8.50. The van der Waals surface area contributed by atoms with Crippen molar-refractivity contribution in [2.45, 2.75) is 46.1 Å². The first-order chi connectivity index (χ1) is 12.5. The van der Waals surface area contributed by atoms with E-state index in [0.717, 1.165) is 38.2 Å². The van der Waals surface area contributed by atoms with Crippen LogP contribution in [0.1, 0.15) is 49.3 Å². The fourth-order valence-corrected chi connectivity index (χ4v) is 3.79. The van der Waals surface area contributed by atoms with Crippen molar-refractivity contribution >= 4 is 11.6 Å². The van der Waals surface area contributed by atoms with E-state index in [1.165, 1.54) is 16.7 Å². The number of hydrogen-bond acceptors (Lipinski definition) is 2. The fraction of sp³-hybridized carbons (Fsp3) is 0.435. The number of benzene rings is 2. The molecule has 2 aromatic rings. The molecule has 3 rings (SSSR count). The number of nitrogens with zero attached hydrogens (tertiary/aromatic N) is 1. The summed E-state index contributed by atoms with van der Waals surface area (Å²) in [5.74, 6) is 0.621. The Labute approximate surface area is 157 Å². The highest BCUT2D eigenvalue weighted by Crippen LogP contribution is 2.26. The fourth-order valence-electron chi connectivity index (χ4n) is 3.79. The molecule has 1 aliphatic heterocycles. The molecule has 0 radical (unpaired) electrons. The first-order valence-electron chi connectivity index (χ1n) is 9.71. The van der Waals surface area contributed by atoms with Crippen molar-refractivity contribution in [2.24, 2.45) is 5.92 Å². The van der Waals surface area contributed by atoms with Gasteiger partial charge in [-0.2, -0.15) is 0 Å². The Hall–Kier alpha value is -2.13. The highest BCUT2D eigenvalue weighted by atomic mass is 16.1. The highest BCUT2D eigenvalue weighted by molar-refractivity contribution is 5.93. The van der Waals surface area contributed by atoms with Crippen molar-refractivity contribution in [1.82, 2.24) is 4.90 Å². The number of likely N-dealkylation sites (tertiary alicyclic amines) is 1. The Balaban J connectivity index is 1.64. The number of rotatable bonds is 5. The molecule has 1 aliphatic rings. The van der Waals surface area contributed by atoms with Gasteiger partial charge < -0.3 is 5.32 Å². The highest BCUT2D eigenvalue weighted by Gasteiger charge is 2.26. The van der Waals surface area contributed by atoms with Gasteiger partial charge in [-0.3, -0.25) is 9.69 Å². The second-order valence-corrected chi connectivity index (χ2v) is 7.73. The molecule has 1 unspecified atom stereocenters. The van der Waals surface area contributed by atoms with Gasteiger partial charge in [-0.05, 0) is 55.0 Å². The monoisotopic (exact) mass is 350 g/mol. The van der Waals surface area contributed by atoms with E-state index in [-0.39, 0.29) is 11.8 Å². The van der Waals surface area contributed by atoms with Crippen molar-refractivity contribution in [3.8, 4) is 0 Å². The van der Waals surface area contributed by atoms with Gasteiger partial charge in [0.05, 0.1) is 5.92 Å². The van der Waals surface area contributed by atoms with Crippen LogP contribution < -0.4 is 5.32 Å². The first kappa shape index (κ1) is 18.7. The minimum absolute atomic E-state index is 0.0630. The van der Waals surface area contributed by atoms with Crippen molar-refractivity contribution in [3.05, 3.63) is 65.2 Å². The molecule has 1 N–H and O–H groups in total. The summed E-state index contributed by atoms with van der Waals surface area (Å²) >= 11 is 0. The third-order valence-electron chi connectivity index (χ3n) is 5.37. The topological polar surface area (TPSA) is 32.3 Å². The average molecular weight is 351 g/mol. The van der Waals surface area contributed by atoms with Gasteiger partial charge in [-0.15, -0.1) is 0 Å². The first-order valence-corrected chi connectivity index (χ1v) is 9.71. The SMILES string of the molecule is Cc1ccccc1CN1CCCC(C(=O)Nc2ccccc2C(C)C)C1. The van der Waals surface area contributed by atoms with E-state index >= 15 is 0 Å². The molecule has 1 atom stereocenters. The minimum Gasteiger partial charge on any atom is -0.326 e. The number of hydrogen-bond donors (Lipinski definition) is 1. The number of carbonyl (C=O) groups excluding carboxylic acids is 1. The number of amides is 1. The van der Waals surface area contributed by atoms with E-state index in [2.05, 4.69) is 61.3 Å². The lowest BCUT2D eigenvalue weighted by atomic mass is 9.95. The predicted molar refractivity (Wildman–Crippen MR) is 108 cm³/mol. The standard InChI is InChI=1S/C23H30N2O/c1-17(2)21-12-6-7-13-22(21)24-23(26)20-11-8-14-25(16-20)15-19-10-5-4-9-18(19)3/h4-7,9-10,12-13,17,20H,8,11,14-16H2,1-3H3,(H,24,26). The summed E-state index contributed by atoms with van der Waals surface area (Å²) < 4.78 is 0.